The van der Waals surface area contributed by atoms with Gasteiger partial charge in [-0.1, -0.05) is 0 Å². The van der Waals surface area contributed by atoms with E-state index < -0.39 is 24.1 Å². The SMILES string of the molecule is CNC(CCO)(C(=O)O)C(=O)O.[H-].[Na+]. The van der Waals surface area contributed by atoms with Crippen molar-refractivity contribution in [3.8, 4) is 0 Å². The number of hydrogen-bond donors (Lipinski definition) is 4. The van der Waals surface area contributed by atoms with Gasteiger partial charge in [0.2, 0.25) is 5.54 Å². The van der Waals surface area contributed by atoms with Crippen LogP contribution in [0.25, 0.3) is 0 Å². The second kappa shape index (κ2) is 6.33. The summed E-state index contributed by atoms with van der Waals surface area (Å²) in [7, 11) is 1.22. The van der Waals surface area contributed by atoms with Crippen molar-refractivity contribution < 1.29 is 55.9 Å². The van der Waals surface area contributed by atoms with Crippen molar-refractivity contribution in [3.05, 3.63) is 0 Å². The van der Waals surface area contributed by atoms with E-state index in [0.29, 0.717) is 0 Å². The van der Waals surface area contributed by atoms with Crippen LogP contribution in [0.4, 0.5) is 0 Å². The number of hydrogen-bond acceptors (Lipinski definition) is 4. The number of nitrogens with one attached hydrogen (secondary N) is 1. The summed E-state index contributed by atoms with van der Waals surface area (Å²) >= 11 is 0. The summed E-state index contributed by atoms with van der Waals surface area (Å²) in [4.78, 5) is 21.1. The van der Waals surface area contributed by atoms with Gasteiger partial charge in [-0.2, -0.15) is 0 Å². The molecule has 0 aromatic heterocycles. The molecule has 0 aromatic rings. The molecule has 7 heteroatoms. The first-order chi connectivity index (χ1) is 5.51. The standard InChI is InChI=1S/C6H11NO5.Na.H/c1-7-6(2-3-8,4(9)10)5(11)12;;/h7-8H,2-3H2,1H3,(H,9,10)(H,11,12);;/q;+1;-1. The van der Waals surface area contributed by atoms with E-state index in [0.717, 1.165) is 0 Å². The molecule has 72 valence electrons. The van der Waals surface area contributed by atoms with E-state index in [9.17, 15) is 9.59 Å². The Balaban J connectivity index is -0.000000605. The van der Waals surface area contributed by atoms with Crippen molar-refractivity contribution in [3.63, 3.8) is 0 Å². The number of carboxylic acids is 2. The van der Waals surface area contributed by atoms with Crippen molar-refractivity contribution >= 4 is 11.9 Å². The molecule has 0 saturated carbocycles. The molecule has 0 spiro atoms. The predicted octanol–water partition coefficient (Wildman–Crippen LogP) is -4.39. The Morgan fingerprint density at radius 3 is 1.85 bits per heavy atom. The van der Waals surface area contributed by atoms with E-state index in [2.05, 4.69) is 5.32 Å². The van der Waals surface area contributed by atoms with Gasteiger partial charge in [0.15, 0.2) is 0 Å². The first kappa shape index (κ1) is 15.3. The summed E-state index contributed by atoms with van der Waals surface area (Å²) in [5.74, 6) is -3.02. The second-order valence-corrected chi connectivity index (χ2v) is 2.24. The van der Waals surface area contributed by atoms with Crippen LogP contribution in [0, 0.1) is 0 Å². The molecule has 0 fully saturated rings. The summed E-state index contributed by atoms with van der Waals surface area (Å²) in [5.41, 5.74) is -2.07. The molecule has 13 heavy (non-hydrogen) atoms. The third-order valence-corrected chi connectivity index (χ3v) is 1.64. The van der Waals surface area contributed by atoms with Gasteiger partial charge < -0.3 is 16.7 Å². The van der Waals surface area contributed by atoms with Crippen molar-refractivity contribution in [1.82, 2.24) is 5.32 Å². The molecule has 4 N–H and O–H groups in total. The smallest absolute Gasteiger partial charge is 1.00 e. The van der Waals surface area contributed by atoms with Crippen molar-refractivity contribution in [2.45, 2.75) is 12.0 Å². The van der Waals surface area contributed by atoms with Gasteiger partial charge in [0, 0.05) is 13.0 Å². The van der Waals surface area contributed by atoms with Gasteiger partial charge in [-0.05, 0) is 7.05 Å². The minimum atomic E-state index is -2.07. The van der Waals surface area contributed by atoms with Crippen LogP contribution in [0.3, 0.4) is 0 Å². The molecule has 0 aliphatic carbocycles. The molecule has 0 aromatic carbocycles. The fourth-order valence-electron chi connectivity index (χ4n) is 0.812. The van der Waals surface area contributed by atoms with Crippen molar-refractivity contribution in [1.29, 1.82) is 0 Å². The van der Waals surface area contributed by atoms with Gasteiger partial charge in [-0.15, -0.1) is 0 Å². The molecule has 0 amide bonds. The number of aliphatic carboxylic acids is 2. The summed E-state index contributed by atoms with van der Waals surface area (Å²) in [5, 5.41) is 27.8. The summed E-state index contributed by atoms with van der Waals surface area (Å²) in [6, 6.07) is 0. The molecule has 0 heterocycles. The quantitative estimate of drug-likeness (QED) is 0.264. The molecular formula is C6H12NNaO5. The van der Waals surface area contributed by atoms with Crippen LogP contribution in [-0.2, 0) is 9.59 Å². The molecule has 6 nitrogen and oxygen atoms in total. The Kier molecular flexibility index (Phi) is 7.47. The zero-order valence-corrected chi connectivity index (χ0v) is 9.57. The van der Waals surface area contributed by atoms with Crippen molar-refractivity contribution in [2.75, 3.05) is 13.7 Å². The molecule has 0 radical (unpaired) electrons. The Morgan fingerprint density at radius 1 is 1.38 bits per heavy atom. The Bertz CT molecular complexity index is 187. The molecule has 0 aliphatic heterocycles. The average Bonchev–Trinajstić information content (AvgIpc) is 1.98. The minimum absolute atomic E-state index is 0. The maximum Gasteiger partial charge on any atom is 1.00 e. The largest absolute Gasteiger partial charge is 1.00 e. The number of carbonyl (C=O) groups is 2. The Labute approximate surface area is 98.7 Å². The van der Waals surface area contributed by atoms with E-state index in [1.807, 2.05) is 0 Å². The van der Waals surface area contributed by atoms with Gasteiger partial charge in [-0.25, -0.2) is 9.59 Å². The fraction of sp³-hybridized carbons (Fsp3) is 0.667. The normalized spacial score (nSPS) is 10.3. The maximum absolute atomic E-state index is 10.5. The van der Waals surface area contributed by atoms with Crippen LogP contribution in [0.1, 0.15) is 7.85 Å². The maximum atomic E-state index is 10.5. The number of aliphatic hydroxyl groups excluding tert-OH is 1. The third-order valence-electron chi connectivity index (χ3n) is 1.64. The van der Waals surface area contributed by atoms with Crippen LogP contribution in [0.2, 0.25) is 0 Å². The van der Waals surface area contributed by atoms with Gasteiger partial charge in [-0.3, -0.25) is 5.32 Å². The topological polar surface area (TPSA) is 107 Å². The monoisotopic (exact) mass is 201 g/mol. The second-order valence-electron chi connectivity index (χ2n) is 2.24. The van der Waals surface area contributed by atoms with Crippen LogP contribution < -0.4 is 34.9 Å². The summed E-state index contributed by atoms with van der Waals surface area (Å²) in [6.45, 7) is -0.501. The number of likely N-dealkylation sites (N-methyl/N-ethyl adjacent to an activating group) is 1. The van der Waals surface area contributed by atoms with E-state index >= 15 is 0 Å². The molecular weight excluding hydrogens is 189 g/mol. The first-order valence-corrected chi connectivity index (χ1v) is 3.28. The van der Waals surface area contributed by atoms with E-state index in [4.69, 9.17) is 15.3 Å². The van der Waals surface area contributed by atoms with Crippen LogP contribution in [-0.4, -0.2) is 46.5 Å². The first-order valence-electron chi connectivity index (χ1n) is 3.28. The molecule has 0 aliphatic rings. The Morgan fingerprint density at radius 2 is 1.77 bits per heavy atom. The van der Waals surface area contributed by atoms with Gasteiger partial charge in [0.1, 0.15) is 0 Å². The molecule has 0 unspecified atom stereocenters. The van der Waals surface area contributed by atoms with Gasteiger partial charge >= 0.3 is 41.5 Å². The van der Waals surface area contributed by atoms with Crippen LogP contribution in [0.5, 0.6) is 0 Å². The molecule has 0 rings (SSSR count). The van der Waals surface area contributed by atoms with E-state index in [1.165, 1.54) is 7.05 Å². The summed E-state index contributed by atoms with van der Waals surface area (Å²) < 4.78 is 0. The minimum Gasteiger partial charge on any atom is -1.00 e. The average molecular weight is 201 g/mol. The van der Waals surface area contributed by atoms with Crippen LogP contribution in [0.15, 0.2) is 0 Å². The molecule has 0 bridgehead atoms. The van der Waals surface area contributed by atoms with Gasteiger partial charge in [0.05, 0.1) is 0 Å². The predicted molar refractivity (Wildman–Crippen MR) is 39.9 cm³/mol. The van der Waals surface area contributed by atoms with Gasteiger partial charge in [0.25, 0.3) is 0 Å². The number of rotatable bonds is 5. The third kappa shape index (κ3) is 3.24. The summed E-state index contributed by atoms with van der Waals surface area (Å²) in [6.07, 6.45) is -0.367. The zero-order valence-electron chi connectivity index (χ0n) is 8.57. The number of carboxylic acid groups (broad SMARTS) is 2. The molecule has 0 atom stereocenters. The van der Waals surface area contributed by atoms with E-state index in [-0.39, 0.29) is 37.4 Å². The molecule has 0 saturated heterocycles. The van der Waals surface area contributed by atoms with Crippen molar-refractivity contribution in [2.24, 2.45) is 0 Å². The zero-order chi connectivity index (χ0) is 9.78. The Hall–Kier alpha value is -0.140. The fourth-order valence-corrected chi connectivity index (χ4v) is 0.812. The van der Waals surface area contributed by atoms with Crippen LogP contribution >= 0.6 is 0 Å². The number of aliphatic hydroxyl groups is 1. The van der Waals surface area contributed by atoms with E-state index in [1.54, 1.807) is 0 Å².